The molecule has 3 N–H and O–H groups in total. The van der Waals surface area contributed by atoms with Gasteiger partial charge in [0.1, 0.15) is 11.3 Å². The highest BCUT2D eigenvalue weighted by atomic mass is 16.5. The Morgan fingerprint density at radius 2 is 1.97 bits per heavy atom. The van der Waals surface area contributed by atoms with Crippen LogP contribution in [-0.4, -0.2) is 57.2 Å². The Kier molecular flexibility index (Phi) is 5.55. The van der Waals surface area contributed by atoms with Gasteiger partial charge in [0.25, 0.3) is 0 Å². The second-order valence-electron chi connectivity index (χ2n) is 8.56. The molecule has 3 heterocycles. The molecule has 1 fully saturated rings. The summed E-state index contributed by atoms with van der Waals surface area (Å²) in [4.78, 5) is 31.9. The average Bonchev–Trinajstić information content (AvgIpc) is 3.25. The van der Waals surface area contributed by atoms with E-state index in [1.807, 2.05) is 43.5 Å². The molecule has 170 valence electrons. The van der Waals surface area contributed by atoms with Crippen molar-refractivity contribution < 1.29 is 9.53 Å². The first-order chi connectivity index (χ1) is 16.0. The summed E-state index contributed by atoms with van der Waals surface area (Å²) < 4.78 is 5.36. The van der Waals surface area contributed by atoms with Crippen molar-refractivity contribution in [3.05, 3.63) is 47.9 Å². The first kappa shape index (κ1) is 21.1. The van der Waals surface area contributed by atoms with Crippen molar-refractivity contribution in [2.45, 2.75) is 26.7 Å². The molecule has 0 saturated carbocycles. The lowest BCUT2D eigenvalue weighted by Crippen LogP contribution is -2.43. The van der Waals surface area contributed by atoms with E-state index in [0.29, 0.717) is 37.9 Å². The van der Waals surface area contributed by atoms with Gasteiger partial charge < -0.3 is 25.3 Å². The van der Waals surface area contributed by atoms with Crippen LogP contribution in [0.3, 0.4) is 0 Å². The van der Waals surface area contributed by atoms with Gasteiger partial charge in [0.05, 0.1) is 29.9 Å². The zero-order valence-corrected chi connectivity index (χ0v) is 19.0. The molecule has 0 radical (unpaired) electrons. The third kappa shape index (κ3) is 4.31. The van der Waals surface area contributed by atoms with Crippen molar-refractivity contribution in [2.75, 3.05) is 36.9 Å². The fourth-order valence-corrected chi connectivity index (χ4v) is 3.93. The number of carbonyl (C=O) groups excluding carboxylic acids is 1. The SMILES string of the molecule is Cc1cccc2cnc(Nc3cc(NC(=O)N4CCOCC4)c4nc(C(C)C)[nH]c4c3)nc12. The van der Waals surface area contributed by atoms with Crippen molar-refractivity contribution in [3.63, 3.8) is 0 Å². The standard InChI is InChI=1S/C24H27N7O2/c1-14(2)22-27-18-11-17(26-23-25-13-16-6-4-5-15(3)20(16)30-23)12-19(21(18)29-22)28-24(32)31-7-9-33-10-8-31/h4-6,11-14H,7-10H2,1-3H3,(H,27,29)(H,28,32)(H,25,26,30). The van der Waals surface area contributed by atoms with Crippen LogP contribution in [-0.2, 0) is 4.74 Å². The Bertz CT molecular complexity index is 1330. The van der Waals surface area contributed by atoms with Gasteiger partial charge >= 0.3 is 6.03 Å². The lowest BCUT2D eigenvalue weighted by Gasteiger charge is -2.27. The Hall–Kier alpha value is -3.72. The molecule has 9 heteroatoms. The van der Waals surface area contributed by atoms with Crippen LogP contribution in [0.4, 0.5) is 22.1 Å². The number of benzene rings is 2. The number of aromatic amines is 1. The monoisotopic (exact) mass is 445 g/mol. The Morgan fingerprint density at radius 3 is 2.76 bits per heavy atom. The zero-order valence-electron chi connectivity index (χ0n) is 19.0. The van der Waals surface area contributed by atoms with Crippen molar-refractivity contribution >= 4 is 45.3 Å². The molecule has 1 aliphatic heterocycles. The molecule has 1 aliphatic rings. The van der Waals surface area contributed by atoms with Crippen LogP contribution < -0.4 is 10.6 Å². The molecule has 0 unspecified atom stereocenters. The largest absolute Gasteiger partial charge is 0.378 e. The lowest BCUT2D eigenvalue weighted by molar-refractivity contribution is 0.0565. The number of imidazole rings is 1. The number of nitrogens with one attached hydrogen (secondary N) is 3. The Morgan fingerprint density at radius 1 is 1.15 bits per heavy atom. The number of carbonyl (C=O) groups is 1. The maximum Gasteiger partial charge on any atom is 0.322 e. The van der Waals surface area contributed by atoms with Crippen LogP contribution in [0.5, 0.6) is 0 Å². The van der Waals surface area contributed by atoms with Crippen LogP contribution in [0.1, 0.15) is 31.2 Å². The van der Waals surface area contributed by atoms with E-state index in [1.54, 1.807) is 4.90 Å². The van der Waals surface area contributed by atoms with Crippen molar-refractivity contribution in [2.24, 2.45) is 0 Å². The number of anilines is 3. The summed E-state index contributed by atoms with van der Waals surface area (Å²) in [6.07, 6.45) is 1.81. The highest BCUT2D eigenvalue weighted by Gasteiger charge is 2.20. The highest BCUT2D eigenvalue weighted by molar-refractivity contribution is 6.01. The number of rotatable bonds is 4. The number of hydrogen-bond acceptors (Lipinski definition) is 6. The molecule has 0 aliphatic carbocycles. The normalized spacial score (nSPS) is 14.2. The van der Waals surface area contributed by atoms with Crippen LogP contribution in [0.2, 0.25) is 0 Å². The molecule has 0 bridgehead atoms. The van der Waals surface area contributed by atoms with E-state index in [0.717, 1.165) is 39.0 Å². The van der Waals surface area contributed by atoms with Gasteiger partial charge in [-0.2, -0.15) is 0 Å². The summed E-state index contributed by atoms with van der Waals surface area (Å²) in [6.45, 7) is 8.40. The molecule has 33 heavy (non-hydrogen) atoms. The van der Waals surface area contributed by atoms with Crippen LogP contribution in [0.25, 0.3) is 21.9 Å². The molecule has 0 spiro atoms. The minimum atomic E-state index is -0.163. The van der Waals surface area contributed by atoms with Gasteiger partial charge in [0.15, 0.2) is 0 Å². The number of aryl methyl sites for hydroxylation is 1. The molecular formula is C24H27N7O2. The summed E-state index contributed by atoms with van der Waals surface area (Å²) >= 11 is 0. The van der Waals surface area contributed by atoms with Gasteiger partial charge in [-0.15, -0.1) is 0 Å². The van der Waals surface area contributed by atoms with Gasteiger partial charge in [-0.1, -0.05) is 32.0 Å². The number of aromatic nitrogens is 4. The number of nitrogens with zero attached hydrogens (tertiary/aromatic N) is 4. The fourth-order valence-electron chi connectivity index (χ4n) is 3.93. The number of ether oxygens (including phenoxy) is 1. The van der Waals surface area contributed by atoms with Gasteiger partial charge in [0.2, 0.25) is 5.95 Å². The molecular weight excluding hydrogens is 418 g/mol. The predicted octanol–water partition coefficient (Wildman–Crippen LogP) is 4.55. The van der Waals surface area contributed by atoms with E-state index in [2.05, 4.69) is 34.4 Å². The summed E-state index contributed by atoms with van der Waals surface area (Å²) in [5.74, 6) is 1.58. The number of H-pyrrole nitrogens is 1. The fraction of sp³-hybridized carbons (Fsp3) is 0.333. The lowest BCUT2D eigenvalue weighted by atomic mass is 10.1. The number of amides is 2. The van der Waals surface area contributed by atoms with E-state index in [4.69, 9.17) is 14.7 Å². The van der Waals surface area contributed by atoms with Crippen LogP contribution in [0.15, 0.2) is 36.5 Å². The highest BCUT2D eigenvalue weighted by Crippen LogP contribution is 2.30. The average molecular weight is 446 g/mol. The zero-order chi connectivity index (χ0) is 22.9. The van der Waals surface area contributed by atoms with Gasteiger partial charge in [0, 0.05) is 36.3 Å². The van der Waals surface area contributed by atoms with Gasteiger partial charge in [-0.3, -0.25) is 0 Å². The van der Waals surface area contributed by atoms with Gasteiger partial charge in [-0.25, -0.2) is 19.7 Å². The van der Waals surface area contributed by atoms with E-state index in [-0.39, 0.29) is 11.9 Å². The summed E-state index contributed by atoms with van der Waals surface area (Å²) in [6, 6.07) is 9.69. The first-order valence-electron chi connectivity index (χ1n) is 11.1. The summed E-state index contributed by atoms with van der Waals surface area (Å²) in [7, 11) is 0. The van der Waals surface area contributed by atoms with E-state index in [9.17, 15) is 4.79 Å². The maximum absolute atomic E-state index is 12.9. The molecule has 5 rings (SSSR count). The second-order valence-corrected chi connectivity index (χ2v) is 8.56. The topological polar surface area (TPSA) is 108 Å². The van der Waals surface area contributed by atoms with Crippen molar-refractivity contribution in [1.29, 1.82) is 0 Å². The Labute approximate surface area is 191 Å². The van der Waals surface area contributed by atoms with E-state index >= 15 is 0 Å². The number of fused-ring (bicyclic) bond motifs is 2. The molecule has 4 aromatic rings. The van der Waals surface area contributed by atoms with Crippen molar-refractivity contribution in [3.8, 4) is 0 Å². The van der Waals surface area contributed by atoms with Crippen LogP contribution >= 0.6 is 0 Å². The summed E-state index contributed by atoms with van der Waals surface area (Å²) in [5, 5.41) is 7.32. The predicted molar refractivity (Wildman–Crippen MR) is 129 cm³/mol. The maximum atomic E-state index is 12.9. The van der Waals surface area contributed by atoms with Crippen LogP contribution in [0, 0.1) is 6.92 Å². The molecule has 0 atom stereocenters. The number of morpholine rings is 1. The minimum absolute atomic E-state index is 0.163. The quantitative estimate of drug-likeness (QED) is 0.425. The molecule has 2 aromatic heterocycles. The molecule has 1 saturated heterocycles. The minimum Gasteiger partial charge on any atom is -0.378 e. The molecule has 2 aromatic carbocycles. The van der Waals surface area contributed by atoms with E-state index in [1.165, 1.54) is 0 Å². The molecule has 9 nitrogen and oxygen atoms in total. The number of hydrogen-bond donors (Lipinski definition) is 3. The summed E-state index contributed by atoms with van der Waals surface area (Å²) in [5.41, 5.74) is 4.93. The smallest absolute Gasteiger partial charge is 0.322 e. The third-order valence-corrected chi connectivity index (χ3v) is 5.76. The molecule has 2 amide bonds. The van der Waals surface area contributed by atoms with E-state index < -0.39 is 0 Å². The third-order valence-electron chi connectivity index (χ3n) is 5.76. The van der Waals surface area contributed by atoms with Crippen molar-refractivity contribution in [1.82, 2.24) is 24.8 Å². The number of urea groups is 1. The second kappa shape index (κ2) is 8.67. The first-order valence-corrected chi connectivity index (χ1v) is 11.1. The van der Waals surface area contributed by atoms with Gasteiger partial charge in [-0.05, 0) is 24.6 Å². The number of para-hydroxylation sites is 1. The Balaban J connectivity index is 1.50.